The van der Waals surface area contributed by atoms with E-state index < -0.39 is 11.9 Å². The quantitative estimate of drug-likeness (QED) is 0.792. The number of thioether (sulfide) groups is 1. The van der Waals surface area contributed by atoms with Crippen LogP contribution in [0.4, 0.5) is 0 Å². The summed E-state index contributed by atoms with van der Waals surface area (Å²) in [5, 5.41) is 8.99. The van der Waals surface area contributed by atoms with E-state index in [-0.39, 0.29) is 11.7 Å². The Balaban J connectivity index is 1.66. The van der Waals surface area contributed by atoms with Crippen LogP contribution in [0.1, 0.15) is 19.3 Å². The summed E-state index contributed by atoms with van der Waals surface area (Å²) in [6.07, 6.45) is 5.85. The molecule has 8 nitrogen and oxygen atoms in total. The van der Waals surface area contributed by atoms with Gasteiger partial charge in [0.15, 0.2) is 11.0 Å². The molecule has 3 rings (SSSR count). The van der Waals surface area contributed by atoms with Crippen LogP contribution in [0, 0.1) is 0 Å². The zero-order valence-corrected chi connectivity index (χ0v) is 14.8. The van der Waals surface area contributed by atoms with Crippen molar-refractivity contribution in [2.75, 3.05) is 12.3 Å². The molecule has 2 amide bonds. The number of carbonyl (C=O) groups is 2. The molecule has 0 aromatic carbocycles. The van der Waals surface area contributed by atoms with E-state index in [4.69, 9.17) is 5.73 Å². The number of primary amides is 1. The molecule has 1 saturated heterocycles. The summed E-state index contributed by atoms with van der Waals surface area (Å²) in [6.45, 7) is 0.577. The Morgan fingerprint density at radius 1 is 1.28 bits per heavy atom. The van der Waals surface area contributed by atoms with Gasteiger partial charge in [0.1, 0.15) is 6.04 Å². The molecule has 0 spiro atoms. The van der Waals surface area contributed by atoms with Crippen LogP contribution in [-0.2, 0) is 16.6 Å². The van der Waals surface area contributed by atoms with E-state index in [2.05, 4.69) is 15.2 Å². The van der Waals surface area contributed by atoms with Gasteiger partial charge in [-0.3, -0.25) is 14.6 Å². The van der Waals surface area contributed by atoms with E-state index >= 15 is 0 Å². The number of aromatic nitrogens is 4. The molecular formula is C16H20N6O2S. The Labute approximate surface area is 149 Å². The van der Waals surface area contributed by atoms with Crippen molar-refractivity contribution in [3.05, 3.63) is 24.5 Å². The average Bonchev–Trinajstić information content (AvgIpc) is 3.01. The van der Waals surface area contributed by atoms with E-state index in [1.165, 1.54) is 11.8 Å². The van der Waals surface area contributed by atoms with Crippen LogP contribution in [0.2, 0.25) is 0 Å². The second-order valence-corrected chi connectivity index (χ2v) is 6.83. The van der Waals surface area contributed by atoms with E-state index in [9.17, 15) is 9.59 Å². The zero-order chi connectivity index (χ0) is 17.8. The van der Waals surface area contributed by atoms with Crippen molar-refractivity contribution in [3.8, 4) is 11.4 Å². The predicted octanol–water partition coefficient (Wildman–Crippen LogP) is 0.836. The number of carbonyl (C=O) groups excluding carboxylic acids is 2. The van der Waals surface area contributed by atoms with Gasteiger partial charge in [0.05, 0.1) is 5.75 Å². The first kappa shape index (κ1) is 17.4. The van der Waals surface area contributed by atoms with E-state index in [0.717, 1.165) is 18.4 Å². The first-order valence-corrected chi connectivity index (χ1v) is 9.08. The highest BCUT2D eigenvalue weighted by Crippen LogP contribution is 2.24. The van der Waals surface area contributed by atoms with Gasteiger partial charge in [-0.2, -0.15) is 0 Å². The highest BCUT2D eigenvalue weighted by Gasteiger charge is 2.30. The van der Waals surface area contributed by atoms with Gasteiger partial charge < -0.3 is 15.2 Å². The maximum absolute atomic E-state index is 12.5. The molecule has 2 aromatic heterocycles. The van der Waals surface area contributed by atoms with Gasteiger partial charge in [-0.15, -0.1) is 10.2 Å². The van der Waals surface area contributed by atoms with Crippen molar-refractivity contribution in [1.29, 1.82) is 0 Å². The van der Waals surface area contributed by atoms with Crippen LogP contribution in [0.15, 0.2) is 29.7 Å². The number of piperidine rings is 1. The minimum atomic E-state index is -0.492. The summed E-state index contributed by atoms with van der Waals surface area (Å²) in [6, 6.07) is 3.22. The molecule has 0 aliphatic carbocycles. The standard InChI is InChI=1S/C16H20N6O2S/c1-21-15(11-5-7-18-8-6-11)19-20-16(21)25-10-13(23)22-9-3-2-4-12(22)14(17)24/h5-8,12H,2-4,9-10H2,1H3,(H2,17,24)/t12-/m0/s1. The van der Waals surface area contributed by atoms with Gasteiger partial charge in [0.2, 0.25) is 11.8 Å². The summed E-state index contributed by atoms with van der Waals surface area (Å²) in [7, 11) is 1.86. The van der Waals surface area contributed by atoms with Crippen molar-refractivity contribution in [2.24, 2.45) is 12.8 Å². The third-order valence-corrected chi connectivity index (χ3v) is 5.25. The second kappa shape index (κ2) is 7.64. The number of nitrogens with zero attached hydrogens (tertiary/aromatic N) is 5. The summed E-state index contributed by atoms with van der Waals surface area (Å²) in [5.74, 6) is 0.385. The largest absolute Gasteiger partial charge is 0.368 e. The highest BCUT2D eigenvalue weighted by molar-refractivity contribution is 7.99. The summed E-state index contributed by atoms with van der Waals surface area (Å²) in [5.41, 5.74) is 6.33. The Morgan fingerprint density at radius 2 is 2.04 bits per heavy atom. The number of likely N-dealkylation sites (tertiary alicyclic amines) is 1. The van der Waals surface area contributed by atoms with Crippen LogP contribution in [0.5, 0.6) is 0 Å². The molecule has 0 saturated carbocycles. The van der Waals surface area contributed by atoms with Gasteiger partial charge >= 0.3 is 0 Å². The summed E-state index contributed by atoms with van der Waals surface area (Å²) >= 11 is 1.31. The summed E-state index contributed by atoms with van der Waals surface area (Å²) < 4.78 is 1.84. The molecule has 0 unspecified atom stereocenters. The van der Waals surface area contributed by atoms with Crippen LogP contribution in [0.3, 0.4) is 0 Å². The van der Waals surface area contributed by atoms with Gasteiger partial charge in [-0.1, -0.05) is 11.8 Å². The molecule has 3 heterocycles. The third-order valence-electron chi connectivity index (χ3n) is 4.25. The lowest BCUT2D eigenvalue weighted by Crippen LogP contribution is -2.51. The van der Waals surface area contributed by atoms with Gasteiger partial charge in [0, 0.05) is 31.5 Å². The van der Waals surface area contributed by atoms with Gasteiger partial charge in [0.25, 0.3) is 0 Å². The van der Waals surface area contributed by atoms with Crippen LogP contribution < -0.4 is 5.73 Å². The highest BCUT2D eigenvalue weighted by atomic mass is 32.2. The van der Waals surface area contributed by atoms with Crippen LogP contribution in [0.25, 0.3) is 11.4 Å². The van der Waals surface area contributed by atoms with Gasteiger partial charge in [-0.05, 0) is 31.4 Å². The first-order valence-electron chi connectivity index (χ1n) is 8.09. The summed E-state index contributed by atoms with van der Waals surface area (Å²) in [4.78, 5) is 29.6. The maximum Gasteiger partial charge on any atom is 0.240 e. The van der Waals surface area contributed by atoms with E-state index in [0.29, 0.717) is 23.9 Å². The lowest BCUT2D eigenvalue weighted by atomic mass is 10.0. The number of nitrogens with two attached hydrogens (primary N) is 1. The SMILES string of the molecule is Cn1c(SCC(=O)N2CCCC[C@H]2C(N)=O)nnc1-c1ccncc1. The number of rotatable bonds is 5. The molecule has 1 atom stereocenters. The Morgan fingerprint density at radius 3 is 2.76 bits per heavy atom. The van der Waals surface area contributed by atoms with Gasteiger partial charge in [-0.25, -0.2) is 0 Å². The smallest absolute Gasteiger partial charge is 0.240 e. The molecule has 132 valence electrons. The third kappa shape index (κ3) is 3.81. The maximum atomic E-state index is 12.5. The fraction of sp³-hybridized carbons (Fsp3) is 0.438. The molecule has 25 heavy (non-hydrogen) atoms. The number of hydrogen-bond acceptors (Lipinski definition) is 6. The average molecular weight is 360 g/mol. The normalized spacial score (nSPS) is 17.5. The molecule has 0 bridgehead atoms. The molecule has 1 aliphatic rings. The molecule has 2 N–H and O–H groups in total. The lowest BCUT2D eigenvalue weighted by molar-refractivity contribution is -0.138. The van der Waals surface area contributed by atoms with E-state index in [1.54, 1.807) is 17.3 Å². The number of amides is 2. The van der Waals surface area contributed by atoms with Crippen molar-refractivity contribution in [3.63, 3.8) is 0 Å². The van der Waals surface area contributed by atoms with Crippen molar-refractivity contribution in [2.45, 2.75) is 30.5 Å². The van der Waals surface area contributed by atoms with Crippen LogP contribution >= 0.6 is 11.8 Å². The number of pyridine rings is 1. The monoisotopic (exact) mass is 360 g/mol. The van der Waals surface area contributed by atoms with E-state index in [1.807, 2.05) is 23.7 Å². The molecule has 9 heteroatoms. The van der Waals surface area contributed by atoms with Crippen molar-refractivity contribution in [1.82, 2.24) is 24.6 Å². The Kier molecular flexibility index (Phi) is 5.32. The molecular weight excluding hydrogens is 340 g/mol. The lowest BCUT2D eigenvalue weighted by Gasteiger charge is -2.33. The molecule has 1 aliphatic heterocycles. The second-order valence-electron chi connectivity index (χ2n) is 5.89. The Hall–Kier alpha value is -2.42. The fourth-order valence-electron chi connectivity index (χ4n) is 2.93. The minimum Gasteiger partial charge on any atom is -0.368 e. The van der Waals surface area contributed by atoms with Crippen molar-refractivity contribution < 1.29 is 9.59 Å². The predicted molar refractivity (Wildman–Crippen MR) is 93.5 cm³/mol. The fourth-order valence-corrected chi connectivity index (χ4v) is 3.73. The Bertz CT molecular complexity index is 763. The first-order chi connectivity index (χ1) is 12.1. The topological polar surface area (TPSA) is 107 Å². The minimum absolute atomic E-state index is 0.0954. The number of hydrogen-bond donors (Lipinski definition) is 1. The molecule has 0 radical (unpaired) electrons. The van der Waals surface area contributed by atoms with Crippen molar-refractivity contribution >= 4 is 23.6 Å². The zero-order valence-electron chi connectivity index (χ0n) is 14.0. The molecule has 1 fully saturated rings. The molecule has 2 aromatic rings. The van der Waals surface area contributed by atoms with Crippen LogP contribution in [-0.4, -0.2) is 54.8 Å².